The van der Waals surface area contributed by atoms with Crippen LogP contribution in [0.15, 0.2) is 53.0 Å². The molecule has 2 aromatic carbocycles. The number of carbonyl (C=O) groups excluding carboxylic acids is 2. The minimum atomic E-state index is -0.156. The van der Waals surface area contributed by atoms with E-state index >= 15 is 0 Å². The number of benzene rings is 2. The standard InChI is InChI=1S/C21H21BrN4O2/c1-13-19(22)14(2)26(25-13)18-10-8-17(9-11-18)21(28)24-12-15-4-6-16(7-5-15)20(27)23-3/h4-11H,12H2,1-3H3,(H,23,27)(H,24,28). The summed E-state index contributed by atoms with van der Waals surface area (Å²) < 4.78 is 2.83. The van der Waals surface area contributed by atoms with Gasteiger partial charge >= 0.3 is 0 Å². The molecule has 3 rings (SSSR count). The Balaban J connectivity index is 1.65. The van der Waals surface area contributed by atoms with Crippen molar-refractivity contribution in [1.82, 2.24) is 20.4 Å². The molecule has 7 heteroatoms. The van der Waals surface area contributed by atoms with Crippen LogP contribution in [-0.2, 0) is 6.54 Å². The fraction of sp³-hybridized carbons (Fsp3) is 0.190. The maximum atomic E-state index is 12.4. The molecule has 1 aromatic heterocycles. The largest absolute Gasteiger partial charge is 0.355 e. The lowest BCUT2D eigenvalue weighted by molar-refractivity contribution is 0.0946. The minimum absolute atomic E-state index is 0.134. The summed E-state index contributed by atoms with van der Waals surface area (Å²) in [4.78, 5) is 24.0. The van der Waals surface area contributed by atoms with E-state index in [4.69, 9.17) is 0 Å². The summed E-state index contributed by atoms with van der Waals surface area (Å²) in [6.45, 7) is 4.32. The van der Waals surface area contributed by atoms with E-state index in [0.29, 0.717) is 17.7 Å². The van der Waals surface area contributed by atoms with Crippen molar-refractivity contribution in [1.29, 1.82) is 0 Å². The van der Waals surface area contributed by atoms with Gasteiger partial charge in [0.15, 0.2) is 0 Å². The van der Waals surface area contributed by atoms with Crippen molar-refractivity contribution >= 4 is 27.7 Å². The molecule has 28 heavy (non-hydrogen) atoms. The van der Waals surface area contributed by atoms with Gasteiger partial charge in [0, 0.05) is 24.7 Å². The van der Waals surface area contributed by atoms with E-state index in [1.54, 1.807) is 31.3 Å². The Morgan fingerprint density at radius 2 is 1.54 bits per heavy atom. The SMILES string of the molecule is CNC(=O)c1ccc(CNC(=O)c2ccc(-n3nc(C)c(Br)c3C)cc2)cc1. The Bertz CT molecular complexity index is 1010. The highest BCUT2D eigenvalue weighted by molar-refractivity contribution is 9.10. The molecule has 0 radical (unpaired) electrons. The molecule has 6 nitrogen and oxygen atoms in total. The van der Waals surface area contributed by atoms with E-state index < -0.39 is 0 Å². The van der Waals surface area contributed by atoms with Crippen molar-refractivity contribution in [2.45, 2.75) is 20.4 Å². The summed E-state index contributed by atoms with van der Waals surface area (Å²) in [6.07, 6.45) is 0. The minimum Gasteiger partial charge on any atom is -0.355 e. The number of halogens is 1. The van der Waals surface area contributed by atoms with E-state index in [9.17, 15) is 9.59 Å². The van der Waals surface area contributed by atoms with Crippen molar-refractivity contribution in [3.8, 4) is 5.69 Å². The number of aromatic nitrogens is 2. The van der Waals surface area contributed by atoms with Crippen molar-refractivity contribution in [3.63, 3.8) is 0 Å². The van der Waals surface area contributed by atoms with E-state index in [-0.39, 0.29) is 11.8 Å². The van der Waals surface area contributed by atoms with Gasteiger partial charge in [0.1, 0.15) is 0 Å². The number of aryl methyl sites for hydroxylation is 1. The fourth-order valence-electron chi connectivity index (χ4n) is 2.83. The maximum absolute atomic E-state index is 12.4. The predicted molar refractivity (Wildman–Crippen MR) is 112 cm³/mol. The van der Waals surface area contributed by atoms with Crippen LogP contribution in [0.1, 0.15) is 37.7 Å². The zero-order chi connectivity index (χ0) is 20.3. The first-order valence-electron chi connectivity index (χ1n) is 8.82. The van der Waals surface area contributed by atoms with Gasteiger partial charge in [-0.2, -0.15) is 5.10 Å². The zero-order valence-corrected chi connectivity index (χ0v) is 17.5. The molecular weight excluding hydrogens is 420 g/mol. The Labute approximate surface area is 172 Å². The highest BCUT2D eigenvalue weighted by Crippen LogP contribution is 2.23. The van der Waals surface area contributed by atoms with Crippen molar-refractivity contribution in [3.05, 3.63) is 81.1 Å². The number of hydrogen-bond donors (Lipinski definition) is 2. The summed E-state index contributed by atoms with van der Waals surface area (Å²) in [5.74, 6) is -0.290. The summed E-state index contributed by atoms with van der Waals surface area (Å²) in [5.41, 5.74) is 4.91. The van der Waals surface area contributed by atoms with Crippen molar-refractivity contribution in [2.75, 3.05) is 7.05 Å². The van der Waals surface area contributed by atoms with Crippen LogP contribution in [0.2, 0.25) is 0 Å². The van der Waals surface area contributed by atoms with Crippen LogP contribution in [0.3, 0.4) is 0 Å². The second-order valence-corrected chi connectivity index (χ2v) is 7.20. The molecule has 0 fully saturated rings. The van der Waals surface area contributed by atoms with Crippen LogP contribution in [-0.4, -0.2) is 28.6 Å². The Kier molecular flexibility index (Phi) is 5.94. The Morgan fingerprint density at radius 3 is 2.07 bits per heavy atom. The quantitative estimate of drug-likeness (QED) is 0.636. The number of rotatable bonds is 5. The van der Waals surface area contributed by atoms with Crippen LogP contribution in [0.5, 0.6) is 0 Å². The van der Waals surface area contributed by atoms with Gasteiger partial charge in [-0.3, -0.25) is 9.59 Å². The molecule has 0 saturated carbocycles. The molecule has 0 aliphatic rings. The molecule has 0 atom stereocenters. The molecule has 0 bridgehead atoms. The van der Waals surface area contributed by atoms with Crippen LogP contribution in [0.25, 0.3) is 5.69 Å². The molecule has 3 aromatic rings. The third-order valence-electron chi connectivity index (χ3n) is 4.47. The monoisotopic (exact) mass is 440 g/mol. The van der Waals surface area contributed by atoms with Gasteiger partial charge in [-0.25, -0.2) is 4.68 Å². The smallest absolute Gasteiger partial charge is 0.251 e. The van der Waals surface area contributed by atoms with Gasteiger partial charge < -0.3 is 10.6 Å². The van der Waals surface area contributed by atoms with E-state index in [0.717, 1.165) is 27.1 Å². The molecule has 0 saturated heterocycles. The van der Waals surface area contributed by atoms with Gasteiger partial charge in [-0.1, -0.05) is 12.1 Å². The van der Waals surface area contributed by atoms with Gasteiger partial charge in [-0.15, -0.1) is 0 Å². The Hall–Kier alpha value is -2.93. The molecule has 1 heterocycles. The molecule has 0 aliphatic carbocycles. The zero-order valence-electron chi connectivity index (χ0n) is 15.9. The van der Waals surface area contributed by atoms with E-state index in [1.165, 1.54) is 0 Å². The summed E-state index contributed by atoms with van der Waals surface area (Å²) in [5, 5.41) is 9.97. The van der Waals surface area contributed by atoms with Gasteiger partial charge in [0.2, 0.25) is 0 Å². The lowest BCUT2D eigenvalue weighted by atomic mass is 10.1. The first-order valence-corrected chi connectivity index (χ1v) is 9.61. The Morgan fingerprint density at radius 1 is 0.964 bits per heavy atom. The topological polar surface area (TPSA) is 76.0 Å². The molecular formula is C21H21BrN4O2. The molecule has 144 valence electrons. The second kappa shape index (κ2) is 8.39. The highest BCUT2D eigenvalue weighted by Gasteiger charge is 2.11. The average molecular weight is 441 g/mol. The van der Waals surface area contributed by atoms with Gasteiger partial charge in [0.25, 0.3) is 11.8 Å². The van der Waals surface area contributed by atoms with Crippen LogP contribution in [0, 0.1) is 13.8 Å². The normalized spacial score (nSPS) is 10.6. The fourth-order valence-corrected chi connectivity index (χ4v) is 3.08. The maximum Gasteiger partial charge on any atom is 0.251 e. The van der Waals surface area contributed by atoms with Gasteiger partial charge in [-0.05, 0) is 71.7 Å². The van der Waals surface area contributed by atoms with Crippen LogP contribution in [0.4, 0.5) is 0 Å². The van der Waals surface area contributed by atoms with Crippen LogP contribution < -0.4 is 10.6 Å². The molecule has 2 N–H and O–H groups in total. The third kappa shape index (κ3) is 4.14. The molecule has 2 amide bonds. The number of hydrogen-bond acceptors (Lipinski definition) is 3. The number of carbonyl (C=O) groups is 2. The average Bonchev–Trinajstić information content (AvgIpc) is 2.99. The third-order valence-corrected chi connectivity index (χ3v) is 5.62. The lowest BCUT2D eigenvalue weighted by Gasteiger charge is -2.08. The van der Waals surface area contributed by atoms with E-state index in [2.05, 4.69) is 31.7 Å². The van der Waals surface area contributed by atoms with E-state index in [1.807, 2.05) is 42.8 Å². The number of nitrogens with zero attached hydrogens (tertiary/aromatic N) is 2. The summed E-state index contributed by atoms with van der Waals surface area (Å²) in [7, 11) is 1.59. The molecule has 0 unspecified atom stereocenters. The predicted octanol–water partition coefficient (Wildman–Crippen LogP) is 3.54. The van der Waals surface area contributed by atoms with Crippen molar-refractivity contribution in [2.24, 2.45) is 0 Å². The van der Waals surface area contributed by atoms with Crippen LogP contribution >= 0.6 is 15.9 Å². The first-order chi connectivity index (χ1) is 13.4. The second-order valence-electron chi connectivity index (χ2n) is 6.40. The number of amides is 2. The molecule has 0 spiro atoms. The first kappa shape index (κ1) is 19.8. The van der Waals surface area contributed by atoms with Crippen molar-refractivity contribution < 1.29 is 9.59 Å². The lowest BCUT2D eigenvalue weighted by Crippen LogP contribution is -2.23. The molecule has 0 aliphatic heterocycles. The van der Waals surface area contributed by atoms with Gasteiger partial charge in [0.05, 0.1) is 21.5 Å². The summed E-state index contributed by atoms with van der Waals surface area (Å²) in [6, 6.07) is 14.4. The number of nitrogens with one attached hydrogen (secondary N) is 2. The highest BCUT2D eigenvalue weighted by atomic mass is 79.9. The summed E-state index contributed by atoms with van der Waals surface area (Å²) >= 11 is 3.52.